The van der Waals surface area contributed by atoms with Gasteiger partial charge in [0.1, 0.15) is 11.6 Å². The standard InChI is InChI=1S/C15H13ClF2/c1-10-4-2-3-5-11(10)8-15(16)12-6-13(17)9-14(18)7-12/h2-7,9,15H,8H2,1H3. The van der Waals surface area contributed by atoms with Crippen molar-refractivity contribution in [1.82, 2.24) is 0 Å². The molecule has 0 heterocycles. The fourth-order valence-electron chi connectivity index (χ4n) is 1.91. The zero-order valence-electron chi connectivity index (χ0n) is 9.96. The second-order valence-electron chi connectivity index (χ2n) is 4.30. The lowest BCUT2D eigenvalue weighted by Crippen LogP contribution is -1.99. The zero-order chi connectivity index (χ0) is 13.1. The third kappa shape index (κ3) is 3.08. The highest BCUT2D eigenvalue weighted by atomic mass is 35.5. The van der Waals surface area contributed by atoms with Gasteiger partial charge in [-0.15, -0.1) is 11.6 Å². The minimum absolute atomic E-state index is 0.434. The summed E-state index contributed by atoms with van der Waals surface area (Å²) < 4.78 is 26.2. The van der Waals surface area contributed by atoms with Crippen LogP contribution in [0.5, 0.6) is 0 Å². The maximum Gasteiger partial charge on any atom is 0.126 e. The molecule has 0 amide bonds. The molecule has 1 atom stereocenters. The van der Waals surface area contributed by atoms with Gasteiger partial charge in [0.15, 0.2) is 0 Å². The van der Waals surface area contributed by atoms with Crippen LogP contribution < -0.4 is 0 Å². The molecule has 0 bridgehead atoms. The van der Waals surface area contributed by atoms with Crippen LogP contribution in [0.2, 0.25) is 0 Å². The molecule has 0 saturated carbocycles. The van der Waals surface area contributed by atoms with Crippen molar-refractivity contribution in [3.63, 3.8) is 0 Å². The van der Waals surface area contributed by atoms with Crippen molar-refractivity contribution in [2.24, 2.45) is 0 Å². The molecule has 0 aromatic heterocycles. The number of hydrogen-bond acceptors (Lipinski definition) is 0. The number of hydrogen-bond donors (Lipinski definition) is 0. The van der Waals surface area contributed by atoms with Crippen LogP contribution in [-0.4, -0.2) is 0 Å². The Morgan fingerprint density at radius 1 is 1.06 bits per heavy atom. The van der Waals surface area contributed by atoms with E-state index < -0.39 is 17.0 Å². The predicted octanol–water partition coefficient (Wildman–Crippen LogP) is 4.80. The van der Waals surface area contributed by atoms with Gasteiger partial charge in [-0.3, -0.25) is 0 Å². The van der Waals surface area contributed by atoms with E-state index in [4.69, 9.17) is 11.6 Å². The highest BCUT2D eigenvalue weighted by Gasteiger charge is 2.12. The lowest BCUT2D eigenvalue weighted by Gasteiger charge is -2.12. The van der Waals surface area contributed by atoms with Crippen LogP contribution in [0.3, 0.4) is 0 Å². The summed E-state index contributed by atoms with van der Waals surface area (Å²) in [6.45, 7) is 1.99. The SMILES string of the molecule is Cc1ccccc1CC(Cl)c1cc(F)cc(F)c1. The Bertz CT molecular complexity index is 532. The van der Waals surface area contributed by atoms with Crippen LogP contribution in [0.4, 0.5) is 8.78 Å². The summed E-state index contributed by atoms with van der Waals surface area (Å²) in [5.74, 6) is -1.19. The molecule has 1 unspecified atom stereocenters. The van der Waals surface area contributed by atoms with Gasteiger partial charge in [-0.1, -0.05) is 24.3 Å². The topological polar surface area (TPSA) is 0 Å². The van der Waals surface area contributed by atoms with E-state index in [1.807, 2.05) is 31.2 Å². The van der Waals surface area contributed by atoms with Crippen LogP contribution in [0, 0.1) is 18.6 Å². The lowest BCUT2D eigenvalue weighted by atomic mass is 10.00. The number of alkyl halides is 1. The van der Waals surface area contributed by atoms with Crippen molar-refractivity contribution in [2.45, 2.75) is 18.7 Å². The normalized spacial score (nSPS) is 12.4. The van der Waals surface area contributed by atoms with E-state index in [9.17, 15) is 8.78 Å². The molecular formula is C15H13ClF2. The number of rotatable bonds is 3. The molecule has 0 radical (unpaired) electrons. The first-order valence-electron chi connectivity index (χ1n) is 5.71. The molecule has 0 saturated heterocycles. The van der Waals surface area contributed by atoms with E-state index in [1.54, 1.807) is 0 Å². The molecule has 0 nitrogen and oxygen atoms in total. The molecule has 94 valence electrons. The Hall–Kier alpha value is -1.41. The molecule has 0 aliphatic heterocycles. The summed E-state index contributed by atoms with van der Waals surface area (Å²) in [7, 11) is 0. The van der Waals surface area contributed by atoms with E-state index in [0.29, 0.717) is 12.0 Å². The first kappa shape index (κ1) is 13.0. The fraction of sp³-hybridized carbons (Fsp3) is 0.200. The second kappa shape index (κ2) is 5.49. The van der Waals surface area contributed by atoms with Gasteiger partial charge < -0.3 is 0 Å². The minimum Gasteiger partial charge on any atom is -0.207 e. The third-order valence-electron chi connectivity index (χ3n) is 2.91. The second-order valence-corrected chi connectivity index (χ2v) is 4.83. The highest BCUT2D eigenvalue weighted by molar-refractivity contribution is 6.20. The molecule has 2 aromatic rings. The molecule has 0 aliphatic carbocycles. The Balaban J connectivity index is 2.22. The average Bonchev–Trinajstić information content (AvgIpc) is 2.31. The van der Waals surface area contributed by atoms with Gasteiger partial charge in [-0.2, -0.15) is 0 Å². The van der Waals surface area contributed by atoms with Gasteiger partial charge in [-0.05, 0) is 42.2 Å². The molecular weight excluding hydrogens is 254 g/mol. The minimum atomic E-state index is -0.597. The van der Waals surface area contributed by atoms with Crippen LogP contribution in [0.15, 0.2) is 42.5 Å². The zero-order valence-corrected chi connectivity index (χ0v) is 10.7. The molecule has 18 heavy (non-hydrogen) atoms. The van der Waals surface area contributed by atoms with Crippen LogP contribution in [0.1, 0.15) is 22.1 Å². The van der Waals surface area contributed by atoms with Gasteiger partial charge in [-0.25, -0.2) is 8.78 Å². The van der Waals surface area contributed by atoms with Crippen molar-refractivity contribution in [1.29, 1.82) is 0 Å². The van der Waals surface area contributed by atoms with E-state index in [-0.39, 0.29) is 0 Å². The molecule has 2 rings (SSSR count). The van der Waals surface area contributed by atoms with Gasteiger partial charge in [0.2, 0.25) is 0 Å². The Morgan fingerprint density at radius 3 is 2.28 bits per heavy atom. The van der Waals surface area contributed by atoms with Crippen molar-refractivity contribution in [2.75, 3.05) is 0 Å². The summed E-state index contributed by atoms with van der Waals surface area (Å²) in [6, 6.07) is 11.2. The lowest BCUT2D eigenvalue weighted by molar-refractivity contribution is 0.579. The predicted molar refractivity (Wildman–Crippen MR) is 69.8 cm³/mol. The average molecular weight is 267 g/mol. The summed E-state index contributed by atoms with van der Waals surface area (Å²) in [5.41, 5.74) is 2.68. The van der Waals surface area contributed by atoms with Crippen LogP contribution >= 0.6 is 11.6 Å². The maximum atomic E-state index is 13.1. The van der Waals surface area contributed by atoms with Gasteiger partial charge >= 0.3 is 0 Å². The van der Waals surface area contributed by atoms with Crippen molar-refractivity contribution < 1.29 is 8.78 Å². The Kier molecular flexibility index (Phi) is 3.97. The summed E-state index contributed by atoms with van der Waals surface area (Å²) >= 11 is 6.22. The van der Waals surface area contributed by atoms with Gasteiger partial charge in [0.05, 0.1) is 5.38 Å². The monoisotopic (exact) mass is 266 g/mol. The number of halogens is 3. The largest absolute Gasteiger partial charge is 0.207 e. The van der Waals surface area contributed by atoms with Crippen LogP contribution in [0.25, 0.3) is 0 Å². The smallest absolute Gasteiger partial charge is 0.126 e. The first-order valence-corrected chi connectivity index (χ1v) is 6.14. The molecule has 3 heteroatoms. The molecule has 2 aromatic carbocycles. The van der Waals surface area contributed by atoms with Crippen molar-refractivity contribution in [3.05, 3.63) is 70.8 Å². The summed E-state index contributed by atoms with van der Waals surface area (Å²) in [6.07, 6.45) is 0.553. The van der Waals surface area contributed by atoms with Gasteiger partial charge in [0.25, 0.3) is 0 Å². The Labute approximate surface area is 110 Å². The van der Waals surface area contributed by atoms with E-state index in [1.165, 1.54) is 12.1 Å². The van der Waals surface area contributed by atoms with E-state index >= 15 is 0 Å². The Morgan fingerprint density at radius 2 is 1.67 bits per heavy atom. The summed E-state index contributed by atoms with van der Waals surface area (Å²) in [4.78, 5) is 0. The quantitative estimate of drug-likeness (QED) is 0.701. The highest BCUT2D eigenvalue weighted by Crippen LogP contribution is 2.27. The van der Waals surface area contributed by atoms with E-state index in [2.05, 4.69) is 0 Å². The molecule has 0 aliphatic rings. The maximum absolute atomic E-state index is 13.1. The van der Waals surface area contributed by atoms with E-state index in [0.717, 1.165) is 17.2 Å². The third-order valence-corrected chi connectivity index (χ3v) is 3.31. The van der Waals surface area contributed by atoms with Crippen LogP contribution in [-0.2, 0) is 6.42 Å². The van der Waals surface area contributed by atoms with Crippen molar-refractivity contribution >= 4 is 11.6 Å². The number of aryl methyl sites for hydroxylation is 1. The first-order chi connectivity index (χ1) is 8.56. The van der Waals surface area contributed by atoms with Crippen molar-refractivity contribution in [3.8, 4) is 0 Å². The fourth-order valence-corrected chi connectivity index (χ4v) is 2.20. The number of benzene rings is 2. The molecule has 0 N–H and O–H groups in total. The molecule has 0 fully saturated rings. The molecule has 0 spiro atoms. The summed E-state index contributed by atoms with van der Waals surface area (Å²) in [5, 5.41) is -0.434. The van der Waals surface area contributed by atoms with Gasteiger partial charge in [0, 0.05) is 6.07 Å².